The molecule has 1 aromatic heterocycles. The highest BCUT2D eigenvalue weighted by molar-refractivity contribution is 8.07. The first-order valence-corrected chi connectivity index (χ1v) is 9.64. The Balaban J connectivity index is 1.91. The van der Waals surface area contributed by atoms with E-state index in [0.717, 1.165) is 12.3 Å². The van der Waals surface area contributed by atoms with E-state index in [2.05, 4.69) is 0 Å². The molecule has 12 heteroatoms. The van der Waals surface area contributed by atoms with E-state index in [-0.39, 0.29) is 12.7 Å². The summed E-state index contributed by atoms with van der Waals surface area (Å²) in [5, 5.41) is 0. The van der Waals surface area contributed by atoms with Gasteiger partial charge in [0.15, 0.2) is 6.10 Å². The first-order chi connectivity index (χ1) is 11.1. The van der Waals surface area contributed by atoms with Crippen LogP contribution in [0.2, 0.25) is 0 Å². The standard InChI is InChI=1S/C12H15F2N2O6PS/c1-6(2)21-23(24)19-5-7-9(22-23)12(13,14)10(20-7)16-4-3-8(17)15-11(16)18/h3-4,6-7,9-10H,5H2,1-2H3,(H,15,17,18)/t7-,9-,10-,23?/m1/s1. The van der Waals surface area contributed by atoms with Crippen molar-refractivity contribution in [3.63, 3.8) is 0 Å². The van der Waals surface area contributed by atoms with Gasteiger partial charge in [-0.25, -0.2) is 4.79 Å². The Kier molecular flexibility index (Phi) is 4.52. The van der Waals surface area contributed by atoms with Crippen molar-refractivity contribution < 1.29 is 27.1 Å². The molecule has 0 bridgehead atoms. The maximum absolute atomic E-state index is 14.8. The monoisotopic (exact) mass is 384 g/mol. The smallest absolute Gasteiger partial charge is 0.330 e. The Hall–Kier alpha value is -0.970. The molecule has 0 radical (unpaired) electrons. The number of halogens is 2. The topological polar surface area (TPSA) is 91.8 Å². The minimum atomic E-state index is -3.57. The van der Waals surface area contributed by atoms with E-state index in [1.807, 2.05) is 4.98 Å². The molecule has 0 aliphatic carbocycles. The van der Waals surface area contributed by atoms with E-state index >= 15 is 0 Å². The molecule has 8 nitrogen and oxygen atoms in total. The van der Waals surface area contributed by atoms with Gasteiger partial charge in [-0.3, -0.25) is 18.9 Å². The van der Waals surface area contributed by atoms with Crippen LogP contribution in [0.3, 0.4) is 0 Å². The Morgan fingerprint density at radius 1 is 1.50 bits per heavy atom. The van der Waals surface area contributed by atoms with Gasteiger partial charge in [-0.1, -0.05) is 0 Å². The Bertz CT molecular complexity index is 796. The summed E-state index contributed by atoms with van der Waals surface area (Å²) in [7, 11) is 0. The van der Waals surface area contributed by atoms with Gasteiger partial charge in [0.1, 0.15) is 6.10 Å². The summed E-state index contributed by atoms with van der Waals surface area (Å²) >= 11 is 5.09. The van der Waals surface area contributed by atoms with Crippen molar-refractivity contribution in [2.45, 2.75) is 44.3 Å². The molecule has 1 aromatic rings. The van der Waals surface area contributed by atoms with Gasteiger partial charge < -0.3 is 13.8 Å². The predicted octanol–water partition coefficient (Wildman–Crippen LogP) is 1.13. The normalized spacial score (nSPS) is 35.1. The number of hydrogen-bond donors (Lipinski definition) is 1. The van der Waals surface area contributed by atoms with Gasteiger partial charge >= 0.3 is 18.3 Å². The van der Waals surface area contributed by atoms with Crippen LogP contribution in [0.4, 0.5) is 8.78 Å². The molecule has 2 aliphatic rings. The highest BCUT2D eigenvalue weighted by Gasteiger charge is 2.64. The van der Waals surface area contributed by atoms with Crippen LogP contribution in [0.1, 0.15) is 20.1 Å². The molecule has 3 heterocycles. The van der Waals surface area contributed by atoms with Gasteiger partial charge in [0.25, 0.3) is 5.56 Å². The minimum Gasteiger partial charge on any atom is -0.343 e. The molecule has 24 heavy (non-hydrogen) atoms. The summed E-state index contributed by atoms with van der Waals surface area (Å²) in [5.41, 5.74) is -1.71. The number of fused-ring (bicyclic) bond motifs is 1. The molecule has 2 fully saturated rings. The van der Waals surface area contributed by atoms with Crippen LogP contribution in [-0.4, -0.2) is 40.4 Å². The maximum Gasteiger partial charge on any atom is 0.330 e. The molecule has 2 aliphatic heterocycles. The highest BCUT2D eigenvalue weighted by Crippen LogP contribution is 2.60. The van der Waals surface area contributed by atoms with E-state index in [4.69, 9.17) is 30.1 Å². The largest absolute Gasteiger partial charge is 0.343 e. The molecule has 0 saturated carbocycles. The van der Waals surface area contributed by atoms with Crippen LogP contribution in [-0.2, 0) is 30.1 Å². The average Bonchev–Trinajstić information content (AvgIpc) is 2.69. The van der Waals surface area contributed by atoms with Gasteiger partial charge in [-0.2, -0.15) is 8.78 Å². The molecular weight excluding hydrogens is 369 g/mol. The van der Waals surface area contributed by atoms with Crippen molar-refractivity contribution in [3.8, 4) is 0 Å². The zero-order valence-electron chi connectivity index (χ0n) is 12.7. The molecule has 0 spiro atoms. The molecule has 1 N–H and O–H groups in total. The van der Waals surface area contributed by atoms with E-state index in [0.29, 0.717) is 4.57 Å². The molecule has 1 unspecified atom stereocenters. The summed E-state index contributed by atoms with van der Waals surface area (Å²) in [6.07, 6.45) is -4.18. The lowest BCUT2D eigenvalue weighted by Gasteiger charge is -2.35. The van der Waals surface area contributed by atoms with Gasteiger partial charge in [0.05, 0.1) is 12.7 Å². The fraction of sp³-hybridized carbons (Fsp3) is 0.667. The number of nitrogens with zero attached hydrogens (tertiary/aromatic N) is 1. The molecule has 0 amide bonds. The van der Waals surface area contributed by atoms with Crippen molar-refractivity contribution in [2.24, 2.45) is 0 Å². The Labute approximate surface area is 139 Å². The SMILES string of the molecule is CC(C)OP1(=S)OC[C@H]2O[C@@H](n3ccc(=O)[nH]c3=O)C(F)(F)[C@@H]2O1. The zero-order chi connectivity index (χ0) is 17.7. The van der Waals surface area contributed by atoms with Crippen LogP contribution < -0.4 is 11.2 Å². The second-order valence-corrected chi connectivity index (χ2v) is 8.56. The van der Waals surface area contributed by atoms with Crippen molar-refractivity contribution >= 4 is 18.5 Å². The second-order valence-electron chi connectivity index (χ2n) is 5.64. The molecule has 3 rings (SSSR count). The maximum atomic E-state index is 14.8. The number of H-pyrrole nitrogens is 1. The number of alkyl halides is 2. The second kappa shape index (κ2) is 6.08. The number of ether oxygens (including phenoxy) is 1. The predicted molar refractivity (Wildman–Crippen MR) is 81.5 cm³/mol. The third kappa shape index (κ3) is 3.12. The quantitative estimate of drug-likeness (QED) is 0.782. The van der Waals surface area contributed by atoms with Crippen LogP contribution in [0.25, 0.3) is 0 Å². The van der Waals surface area contributed by atoms with E-state index in [9.17, 15) is 18.4 Å². The number of aromatic amines is 1. The van der Waals surface area contributed by atoms with Crippen LogP contribution in [0.15, 0.2) is 21.9 Å². The third-order valence-electron chi connectivity index (χ3n) is 3.43. The van der Waals surface area contributed by atoms with Crippen molar-refractivity contribution in [1.29, 1.82) is 0 Å². The van der Waals surface area contributed by atoms with Crippen molar-refractivity contribution in [1.82, 2.24) is 9.55 Å². The highest BCUT2D eigenvalue weighted by atomic mass is 32.5. The molecule has 0 aromatic carbocycles. The average molecular weight is 384 g/mol. The Morgan fingerprint density at radius 3 is 2.83 bits per heavy atom. The van der Waals surface area contributed by atoms with Gasteiger partial charge in [0.2, 0.25) is 6.23 Å². The summed E-state index contributed by atoms with van der Waals surface area (Å²) in [6, 6.07) is 0.951. The van der Waals surface area contributed by atoms with Crippen LogP contribution in [0.5, 0.6) is 0 Å². The first kappa shape index (κ1) is 17.8. The first-order valence-electron chi connectivity index (χ1n) is 7.08. The third-order valence-corrected chi connectivity index (χ3v) is 5.90. The molecular formula is C12H15F2N2O6PS. The van der Waals surface area contributed by atoms with E-state index in [1.165, 1.54) is 0 Å². The fourth-order valence-corrected chi connectivity index (χ4v) is 5.04. The zero-order valence-corrected chi connectivity index (χ0v) is 14.4. The number of aromatic nitrogens is 2. The number of rotatable bonds is 3. The summed E-state index contributed by atoms with van der Waals surface area (Å²) in [5.74, 6) is -3.57. The van der Waals surface area contributed by atoms with Crippen LogP contribution in [0, 0.1) is 0 Å². The van der Waals surface area contributed by atoms with Gasteiger partial charge in [-0.05, 0) is 25.7 Å². The number of nitrogens with one attached hydrogen (secondary N) is 1. The summed E-state index contributed by atoms with van der Waals surface area (Å²) in [4.78, 5) is 24.8. The van der Waals surface area contributed by atoms with Gasteiger partial charge in [-0.15, -0.1) is 0 Å². The van der Waals surface area contributed by atoms with E-state index in [1.54, 1.807) is 13.8 Å². The Morgan fingerprint density at radius 2 is 2.21 bits per heavy atom. The van der Waals surface area contributed by atoms with Crippen LogP contribution >= 0.6 is 6.72 Å². The lowest BCUT2D eigenvalue weighted by atomic mass is 10.1. The molecule has 134 valence electrons. The summed E-state index contributed by atoms with van der Waals surface area (Å²) in [6.45, 7) is -0.208. The molecule has 4 atom stereocenters. The lowest BCUT2D eigenvalue weighted by molar-refractivity contribution is -0.137. The minimum absolute atomic E-state index is 0.237. The van der Waals surface area contributed by atoms with Crippen molar-refractivity contribution in [3.05, 3.63) is 33.1 Å². The van der Waals surface area contributed by atoms with E-state index < -0.39 is 42.3 Å². The van der Waals surface area contributed by atoms with Gasteiger partial charge in [0, 0.05) is 12.3 Å². The fourth-order valence-electron chi connectivity index (χ4n) is 2.49. The summed E-state index contributed by atoms with van der Waals surface area (Å²) < 4.78 is 51.2. The number of hydrogen-bond acceptors (Lipinski definition) is 7. The van der Waals surface area contributed by atoms with Crippen molar-refractivity contribution in [2.75, 3.05) is 6.61 Å². The lowest BCUT2D eigenvalue weighted by Crippen LogP contribution is -2.45. The molecule has 2 saturated heterocycles.